The van der Waals surface area contributed by atoms with Gasteiger partial charge in [-0.2, -0.15) is 0 Å². The number of carbonyl (C=O) groups excluding carboxylic acids is 2. The maximum atomic E-state index is 10.5. The Morgan fingerprint density at radius 2 is 1.00 bits per heavy atom. The van der Waals surface area contributed by atoms with Crippen LogP contribution in [0.25, 0.3) is 0 Å². The van der Waals surface area contributed by atoms with E-state index >= 15 is 0 Å². The van der Waals surface area contributed by atoms with Crippen LogP contribution in [0.15, 0.2) is 0 Å². The van der Waals surface area contributed by atoms with Crippen molar-refractivity contribution < 1.29 is 83.1 Å². The molecule has 0 fully saturated rings. The van der Waals surface area contributed by atoms with Crippen LogP contribution in [0.1, 0.15) is 0 Å². The Labute approximate surface area is 177 Å². The standard InChI is InChI=1S/C10H20N2O4.2ClH.2Na/c1-11(2,7-9(13)14)5-6-12(3,4)8-10(15)16;;;;/h5-8H2,1-4H3;2*1H;;/q;;;;+1/p-2. The van der Waals surface area contributed by atoms with Crippen molar-refractivity contribution in [1.82, 2.24) is 0 Å². The van der Waals surface area contributed by atoms with Gasteiger partial charge in [0.15, 0.2) is 0 Å². The third kappa shape index (κ3) is 19.4. The van der Waals surface area contributed by atoms with E-state index in [-0.39, 0.29) is 106 Å². The Kier molecular flexibility index (Phi) is 23.3. The summed E-state index contributed by atoms with van der Waals surface area (Å²) in [5, 5.41) is 21.0. The normalized spacial score (nSPS) is 10.0. The van der Waals surface area contributed by atoms with Crippen molar-refractivity contribution in [3.63, 3.8) is 0 Å². The Hall–Kier alpha value is 1.44. The van der Waals surface area contributed by atoms with E-state index in [0.717, 1.165) is 0 Å². The minimum Gasteiger partial charge on any atom is -1.00 e. The molecule has 10 heteroatoms. The molecule has 20 heavy (non-hydrogen) atoms. The number of quaternary nitrogens is 2. The number of halogens is 2. The minimum absolute atomic E-state index is 0. The average Bonchev–Trinajstić information content (AvgIpc) is 1.96. The van der Waals surface area contributed by atoms with Crippen molar-refractivity contribution in [2.45, 2.75) is 0 Å². The van der Waals surface area contributed by atoms with Crippen molar-refractivity contribution in [1.29, 1.82) is 0 Å². The third-order valence-corrected chi connectivity index (χ3v) is 2.42. The zero-order valence-electron chi connectivity index (χ0n) is 13.1. The molecule has 6 nitrogen and oxygen atoms in total. The summed E-state index contributed by atoms with van der Waals surface area (Å²) in [6, 6.07) is 0. The van der Waals surface area contributed by atoms with Crippen molar-refractivity contribution in [3.8, 4) is 0 Å². The van der Waals surface area contributed by atoms with Crippen LogP contribution >= 0.6 is 0 Å². The van der Waals surface area contributed by atoms with Gasteiger partial charge in [0.25, 0.3) is 0 Å². The van der Waals surface area contributed by atoms with Crippen molar-refractivity contribution in [2.24, 2.45) is 0 Å². The number of carboxylic acids is 2. The number of hydrogen-bond donors (Lipinski definition) is 0. The van der Waals surface area contributed by atoms with Crippen LogP contribution in [-0.2, 0) is 9.59 Å². The summed E-state index contributed by atoms with van der Waals surface area (Å²) >= 11 is 0. The van der Waals surface area contributed by atoms with Crippen molar-refractivity contribution in [3.05, 3.63) is 0 Å². The Morgan fingerprint density at radius 1 is 0.800 bits per heavy atom. The fraction of sp³-hybridized carbons (Fsp3) is 0.800. The number of carbonyl (C=O) groups is 2. The van der Waals surface area contributed by atoms with E-state index in [1.54, 1.807) is 28.2 Å². The fourth-order valence-corrected chi connectivity index (χ4v) is 1.40. The molecule has 0 saturated carbocycles. The molecule has 0 aromatic heterocycles. The number of likely N-dealkylation sites (N-methyl/N-ethyl adjacent to an activating group) is 2. The molecule has 111 valence electrons. The summed E-state index contributed by atoms with van der Waals surface area (Å²) in [6.07, 6.45) is 0. The maximum Gasteiger partial charge on any atom is 1.00 e. The van der Waals surface area contributed by atoms with E-state index in [4.69, 9.17) is 0 Å². The van der Waals surface area contributed by atoms with Crippen LogP contribution in [0.5, 0.6) is 0 Å². The zero-order chi connectivity index (χ0) is 13.0. The topological polar surface area (TPSA) is 80.3 Å². The predicted molar refractivity (Wildman–Crippen MR) is 59.5 cm³/mol. The molecule has 0 amide bonds. The summed E-state index contributed by atoms with van der Waals surface area (Å²) in [5.74, 6) is -2.20. The van der Waals surface area contributed by atoms with Gasteiger partial charge in [0.1, 0.15) is 26.2 Å². The van der Waals surface area contributed by atoms with Gasteiger partial charge in [-0.25, -0.2) is 0 Å². The van der Waals surface area contributed by atoms with Gasteiger partial charge in [-0.15, -0.1) is 0 Å². The zero-order valence-corrected chi connectivity index (χ0v) is 18.6. The summed E-state index contributed by atoms with van der Waals surface area (Å²) in [5.41, 5.74) is 0. The quantitative estimate of drug-likeness (QED) is 0.338. The first-order valence-electron chi connectivity index (χ1n) is 5.08. The van der Waals surface area contributed by atoms with Crippen LogP contribution in [0.3, 0.4) is 0 Å². The number of hydrogen-bond acceptors (Lipinski definition) is 4. The number of nitrogens with zero attached hydrogens (tertiary/aromatic N) is 2. The Balaban J connectivity index is -0.000000187. The molecule has 0 aromatic rings. The van der Waals surface area contributed by atoms with E-state index in [9.17, 15) is 19.8 Å². The number of aliphatic carboxylic acids is 2. The molecular weight excluding hydrogens is 329 g/mol. The van der Waals surface area contributed by atoms with E-state index in [2.05, 4.69) is 0 Å². The Bertz CT molecular complexity index is 264. The maximum absolute atomic E-state index is 10.5. The molecule has 0 aliphatic rings. The van der Waals surface area contributed by atoms with Crippen molar-refractivity contribution >= 4 is 41.5 Å². The van der Waals surface area contributed by atoms with Crippen molar-refractivity contribution in [2.75, 3.05) is 54.4 Å². The smallest absolute Gasteiger partial charge is 1.00 e. The molecule has 0 bridgehead atoms. The average molecular weight is 349 g/mol. The molecule has 0 aliphatic carbocycles. The number of rotatable bonds is 7. The molecule has 0 atom stereocenters. The van der Waals surface area contributed by atoms with Gasteiger partial charge in [0.05, 0.1) is 40.1 Å². The first-order valence-corrected chi connectivity index (χ1v) is 5.08. The van der Waals surface area contributed by atoms with E-state index in [0.29, 0.717) is 13.1 Å². The summed E-state index contributed by atoms with van der Waals surface area (Å²) < 4.78 is 0.550. The molecule has 0 aliphatic heterocycles. The van der Waals surface area contributed by atoms with Gasteiger partial charge in [-0.3, -0.25) is 0 Å². The predicted octanol–water partition coefficient (Wildman–Crippen LogP) is -12.7. The van der Waals surface area contributed by atoms with Gasteiger partial charge < -0.3 is 53.6 Å². The number of carboxylic acid groups (broad SMARTS) is 2. The molecule has 0 rings (SSSR count). The molecule has 0 spiro atoms. The molecule has 1 radical (unpaired) electrons. The third-order valence-electron chi connectivity index (χ3n) is 2.42. The van der Waals surface area contributed by atoms with Crippen LogP contribution in [-0.4, -0.2) is 105 Å². The molecule has 0 unspecified atom stereocenters. The minimum atomic E-state index is -1.10. The largest absolute Gasteiger partial charge is 1.00 e. The van der Waals surface area contributed by atoms with Crippen LogP contribution in [0.4, 0.5) is 0 Å². The van der Waals surface area contributed by atoms with E-state index in [1.165, 1.54) is 0 Å². The molecule has 0 aromatic carbocycles. The molecular formula is C10H20Cl2N2Na2O4-. The van der Waals surface area contributed by atoms with E-state index in [1.807, 2.05) is 0 Å². The second kappa shape index (κ2) is 14.1. The Morgan fingerprint density at radius 3 is 1.15 bits per heavy atom. The first-order chi connectivity index (χ1) is 7.04. The van der Waals surface area contributed by atoms with Gasteiger partial charge >= 0.3 is 29.6 Å². The first kappa shape index (κ1) is 33.1. The van der Waals surface area contributed by atoms with Gasteiger partial charge in [-0.1, -0.05) is 0 Å². The van der Waals surface area contributed by atoms with Gasteiger partial charge in [-0.05, 0) is 0 Å². The second-order valence-electron chi connectivity index (χ2n) is 5.38. The molecule has 0 heterocycles. The van der Waals surface area contributed by atoms with Crippen LogP contribution in [0, 0.1) is 0 Å². The van der Waals surface area contributed by atoms with E-state index < -0.39 is 11.9 Å². The summed E-state index contributed by atoms with van der Waals surface area (Å²) in [4.78, 5) is 21.0. The molecule has 0 saturated heterocycles. The van der Waals surface area contributed by atoms with Crippen LogP contribution in [0.2, 0.25) is 0 Å². The second-order valence-corrected chi connectivity index (χ2v) is 5.38. The fourth-order valence-electron chi connectivity index (χ4n) is 1.40. The van der Waals surface area contributed by atoms with Crippen LogP contribution < -0.4 is 64.6 Å². The van der Waals surface area contributed by atoms with Gasteiger partial charge in [0, 0.05) is 29.6 Å². The summed E-state index contributed by atoms with van der Waals surface area (Å²) in [6.45, 7) is 0.971. The SMILES string of the molecule is C[N+](C)(CC[N+](C)(C)CC(=O)[O-])CC(=O)[O-].[Cl-].[Cl-].[Na+].[Na]. The monoisotopic (exact) mass is 348 g/mol. The summed E-state index contributed by atoms with van der Waals surface area (Å²) in [7, 11) is 7.09. The molecule has 0 N–H and O–H groups in total. The van der Waals surface area contributed by atoms with Gasteiger partial charge in [0.2, 0.25) is 0 Å².